The second-order valence-electron chi connectivity index (χ2n) is 5.52. The van der Waals surface area contributed by atoms with Crippen LogP contribution < -0.4 is 0 Å². The average molecular weight is 302 g/mol. The fourth-order valence-electron chi connectivity index (χ4n) is 2.80. The van der Waals surface area contributed by atoms with Crippen molar-refractivity contribution in [1.29, 1.82) is 0 Å². The minimum atomic E-state index is -0.0548. The van der Waals surface area contributed by atoms with Crippen LogP contribution in [0.4, 0.5) is 0 Å². The Labute approximate surface area is 136 Å². The van der Waals surface area contributed by atoms with Gasteiger partial charge in [0.15, 0.2) is 5.78 Å². The van der Waals surface area contributed by atoms with E-state index in [1.165, 1.54) is 0 Å². The zero-order chi connectivity index (χ0) is 16.1. The first kappa shape index (κ1) is 15.0. The predicted octanol–water partition coefficient (Wildman–Crippen LogP) is 4.80. The van der Waals surface area contributed by atoms with Gasteiger partial charge < -0.3 is 5.11 Å². The van der Waals surface area contributed by atoms with Gasteiger partial charge >= 0.3 is 0 Å². The van der Waals surface area contributed by atoms with E-state index in [1.54, 1.807) is 24.3 Å². The summed E-state index contributed by atoms with van der Waals surface area (Å²) in [5, 5.41) is 9.91. The van der Waals surface area contributed by atoms with Gasteiger partial charge in [-0.3, -0.25) is 4.79 Å². The standard InChI is InChI=1S/C21H18O2/c22-20-14-8-7-13-18(20)21(23)15-19(16-9-3-1-4-10-16)17-11-5-2-6-12-17/h1-14,19,22H,15H2. The molecule has 0 spiro atoms. The number of phenols is 1. The highest BCUT2D eigenvalue weighted by Gasteiger charge is 2.20. The van der Waals surface area contributed by atoms with Crippen LogP contribution in [0.3, 0.4) is 0 Å². The van der Waals surface area contributed by atoms with Crippen LogP contribution in [-0.4, -0.2) is 10.9 Å². The van der Waals surface area contributed by atoms with Gasteiger partial charge in [-0.2, -0.15) is 0 Å². The third-order valence-electron chi connectivity index (χ3n) is 4.00. The highest BCUT2D eigenvalue weighted by molar-refractivity contribution is 5.99. The van der Waals surface area contributed by atoms with Gasteiger partial charge in [0, 0.05) is 12.3 Å². The molecule has 0 aromatic heterocycles. The molecule has 0 saturated heterocycles. The highest BCUT2D eigenvalue weighted by atomic mass is 16.3. The van der Waals surface area contributed by atoms with Crippen molar-refractivity contribution in [2.75, 3.05) is 0 Å². The molecule has 2 heteroatoms. The van der Waals surface area contributed by atoms with Gasteiger partial charge in [0.25, 0.3) is 0 Å². The Morgan fingerprint density at radius 2 is 1.22 bits per heavy atom. The lowest BCUT2D eigenvalue weighted by molar-refractivity contribution is 0.0975. The van der Waals surface area contributed by atoms with E-state index in [9.17, 15) is 9.90 Å². The maximum absolute atomic E-state index is 12.7. The molecule has 0 radical (unpaired) electrons. The molecule has 0 saturated carbocycles. The summed E-state index contributed by atoms with van der Waals surface area (Å²) in [5.41, 5.74) is 2.58. The Morgan fingerprint density at radius 3 is 1.74 bits per heavy atom. The fraction of sp³-hybridized carbons (Fsp3) is 0.0952. The Morgan fingerprint density at radius 1 is 0.739 bits per heavy atom. The van der Waals surface area contributed by atoms with Crippen molar-refractivity contribution >= 4 is 5.78 Å². The van der Waals surface area contributed by atoms with Crippen LogP contribution in [0.5, 0.6) is 5.75 Å². The summed E-state index contributed by atoms with van der Waals surface area (Å²) in [6, 6.07) is 26.7. The van der Waals surface area contributed by atoms with Crippen molar-refractivity contribution in [2.24, 2.45) is 0 Å². The Balaban J connectivity index is 1.94. The van der Waals surface area contributed by atoms with Crippen molar-refractivity contribution in [2.45, 2.75) is 12.3 Å². The van der Waals surface area contributed by atoms with Gasteiger partial charge in [-0.25, -0.2) is 0 Å². The maximum atomic E-state index is 12.7. The van der Waals surface area contributed by atoms with E-state index in [-0.39, 0.29) is 17.5 Å². The van der Waals surface area contributed by atoms with Crippen LogP contribution in [0.15, 0.2) is 84.9 Å². The summed E-state index contributed by atoms with van der Waals surface area (Å²) in [5.74, 6) is -0.0392. The molecule has 0 atom stereocenters. The quantitative estimate of drug-likeness (QED) is 0.688. The summed E-state index contributed by atoms with van der Waals surface area (Å²) in [4.78, 5) is 12.7. The zero-order valence-electron chi connectivity index (χ0n) is 12.7. The van der Waals surface area contributed by atoms with Crippen molar-refractivity contribution in [3.05, 3.63) is 102 Å². The van der Waals surface area contributed by atoms with Crippen molar-refractivity contribution in [1.82, 2.24) is 0 Å². The molecule has 0 unspecified atom stereocenters. The van der Waals surface area contributed by atoms with Gasteiger partial charge in [0.2, 0.25) is 0 Å². The maximum Gasteiger partial charge on any atom is 0.167 e. The van der Waals surface area contributed by atoms with E-state index in [0.717, 1.165) is 11.1 Å². The van der Waals surface area contributed by atoms with Gasteiger partial charge in [-0.15, -0.1) is 0 Å². The molecule has 0 fully saturated rings. The van der Waals surface area contributed by atoms with Crippen LogP contribution in [0.1, 0.15) is 33.8 Å². The lowest BCUT2D eigenvalue weighted by atomic mass is 9.86. The number of hydrogen-bond acceptors (Lipinski definition) is 2. The average Bonchev–Trinajstić information content (AvgIpc) is 2.61. The van der Waals surface area contributed by atoms with E-state index >= 15 is 0 Å². The topological polar surface area (TPSA) is 37.3 Å². The fourth-order valence-corrected chi connectivity index (χ4v) is 2.80. The van der Waals surface area contributed by atoms with E-state index in [0.29, 0.717) is 12.0 Å². The van der Waals surface area contributed by atoms with Crippen molar-refractivity contribution in [3.63, 3.8) is 0 Å². The van der Waals surface area contributed by atoms with Gasteiger partial charge in [0.1, 0.15) is 5.75 Å². The molecule has 0 bridgehead atoms. The number of para-hydroxylation sites is 1. The molecule has 114 valence electrons. The highest BCUT2D eigenvalue weighted by Crippen LogP contribution is 2.30. The molecule has 3 rings (SSSR count). The molecule has 23 heavy (non-hydrogen) atoms. The summed E-state index contributed by atoms with van der Waals surface area (Å²) in [6.07, 6.45) is 0.325. The molecule has 0 heterocycles. The van der Waals surface area contributed by atoms with Crippen LogP contribution in [-0.2, 0) is 0 Å². The van der Waals surface area contributed by atoms with Crippen molar-refractivity contribution in [3.8, 4) is 5.75 Å². The molecule has 3 aromatic rings. The number of ketones is 1. The monoisotopic (exact) mass is 302 g/mol. The molecule has 0 aliphatic carbocycles. The minimum Gasteiger partial charge on any atom is -0.507 e. The number of carbonyl (C=O) groups is 1. The lowest BCUT2D eigenvalue weighted by Gasteiger charge is -2.17. The minimum absolute atomic E-state index is 0.0236. The lowest BCUT2D eigenvalue weighted by Crippen LogP contribution is -2.09. The number of aromatic hydroxyl groups is 1. The third kappa shape index (κ3) is 3.49. The molecule has 0 aliphatic heterocycles. The smallest absolute Gasteiger partial charge is 0.167 e. The first-order valence-corrected chi connectivity index (χ1v) is 7.67. The van der Waals surface area contributed by atoms with E-state index in [2.05, 4.69) is 0 Å². The molecular formula is C21H18O2. The summed E-state index contributed by atoms with van der Waals surface area (Å²) >= 11 is 0. The SMILES string of the molecule is O=C(CC(c1ccccc1)c1ccccc1)c1ccccc1O. The molecule has 3 aromatic carbocycles. The number of benzene rings is 3. The number of Topliss-reactive ketones (excluding diaryl/α,β-unsaturated/α-hetero) is 1. The second kappa shape index (κ2) is 6.93. The van der Waals surface area contributed by atoms with Crippen LogP contribution in [0.25, 0.3) is 0 Å². The molecule has 0 amide bonds. The number of rotatable bonds is 5. The van der Waals surface area contributed by atoms with E-state index < -0.39 is 0 Å². The summed E-state index contributed by atoms with van der Waals surface area (Å²) < 4.78 is 0. The van der Waals surface area contributed by atoms with Gasteiger partial charge in [-0.1, -0.05) is 72.8 Å². The Kier molecular flexibility index (Phi) is 4.53. The number of hydrogen-bond donors (Lipinski definition) is 1. The largest absolute Gasteiger partial charge is 0.507 e. The van der Waals surface area contributed by atoms with E-state index in [4.69, 9.17) is 0 Å². The first-order chi connectivity index (χ1) is 11.3. The zero-order valence-corrected chi connectivity index (χ0v) is 12.7. The first-order valence-electron chi connectivity index (χ1n) is 7.67. The van der Waals surface area contributed by atoms with Gasteiger partial charge in [-0.05, 0) is 23.3 Å². The Bertz CT molecular complexity index is 740. The predicted molar refractivity (Wildman–Crippen MR) is 91.8 cm³/mol. The summed E-state index contributed by atoms with van der Waals surface area (Å²) in [6.45, 7) is 0. The Hall–Kier alpha value is -2.87. The molecule has 0 aliphatic rings. The van der Waals surface area contributed by atoms with Gasteiger partial charge in [0.05, 0.1) is 5.56 Å². The molecule has 2 nitrogen and oxygen atoms in total. The second-order valence-corrected chi connectivity index (χ2v) is 5.52. The third-order valence-corrected chi connectivity index (χ3v) is 4.00. The van der Waals surface area contributed by atoms with E-state index in [1.807, 2.05) is 60.7 Å². The normalized spacial score (nSPS) is 10.7. The van der Waals surface area contributed by atoms with Crippen LogP contribution in [0, 0.1) is 0 Å². The van der Waals surface area contributed by atoms with Crippen LogP contribution in [0.2, 0.25) is 0 Å². The summed E-state index contributed by atoms with van der Waals surface area (Å²) in [7, 11) is 0. The van der Waals surface area contributed by atoms with Crippen molar-refractivity contribution < 1.29 is 9.90 Å². The molecule has 1 N–H and O–H groups in total. The van der Waals surface area contributed by atoms with Crippen LogP contribution >= 0.6 is 0 Å². The number of carbonyl (C=O) groups excluding carboxylic acids is 1. The number of phenolic OH excluding ortho intramolecular Hbond substituents is 1. The molecular weight excluding hydrogens is 284 g/mol.